The molecule has 0 amide bonds. The molecule has 0 saturated carbocycles. The van der Waals surface area contributed by atoms with Crippen molar-refractivity contribution in [1.29, 1.82) is 0 Å². The van der Waals surface area contributed by atoms with Gasteiger partial charge in [0.15, 0.2) is 5.78 Å². The fourth-order valence-corrected chi connectivity index (χ4v) is 2.83. The molecule has 1 heterocycles. The number of aryl methyl sites for hydroxylation is 1. The molecule has 108 valence electrons. The van der Waals surface area contributed by atoms with Crippen LogP contribution in [0.2, 0.25) is 0 Å². The van der Waals surface area contributed by atoms with E-state index in [1.807, 2.05) is 18.2 Å². The van der Waals surface area contributed by atoms with Gasteiger partial charge in [-0.2, -0.15) is 0 Å². The molecular formula is C18H17FO2. The van der Waals surface area contributed by atoms with Gasteiger partial charge >= 0.3 is 0 Å². The van der Waals surface area contributed by atoms with Crippen LogP contribution in [-0.2, 0) is 11.2 Å². The van der Waals surface area contributed by atoms with Crippen molar-refractivity contribution in [3.8, 4) is 0 Å². The average Bonchev–Trinajstić information content (AvgIpc) is 2.46. The lowest BCUT2D eigenvalue weighted by Gasteiger charge is -2.25. The van der Waals surface area contributed by atoms with E-state index in [0.717, 1.165) is 17.5 Å². The van der Waals surface area contributed by atoms with E-state index in [2.05, 4.69) is 6.07 Å². The van der Waals surface area contributed by atoms with Gasteiger partial charge < -0.3 is 4.74 Å². The van der Waals surface area contributed by atoms with Crippen molar-refractivity contribution in [1.82, 2.24) is 0 Å². The highest BCUT2D eigenvalue weighted by Crippen LogP contribution is 2.30. The van der Waals surface area contributed by atoms with Crippen LogP contribution in [0.1, 0.15) is 39.6 Å². The van der Waals surface area contributed by atoms with E-state index in [1.165, 1.54) is 17.7 Å². The van der Waals surface area contributed by atoms with Gasteiger partial charge in [0.1, 0.15) is 5.82 Å². The lowest BCUT2D eigenvalue weighted by Crippen LogP contribution is -2.19. The third-order valence-corrected chi connectivity index (χ3v) is 3.83. The molecule has 1 aliphatic rings. The Balaban J connectivity index is 1.82. The Morgan fingerprint density at radius 2 is 2.10 bits per heavy atom. The molecule has 0 radical (unpaired) electrons. The summed E-state index contributed by atoms with van der Waals surface area (Å²) in [5.74, 6) is -0.456. The molecule has 0 aliphatic carbocycles. The summed E-state index contributed by atoms with van der Waals surface area (Å²) in [6, 6.07) is 12.5. The number of halogens is 1. The lowest BCUT2D eigenvalue weighted by atomic mass is 9.93. The summed E-state index contributed by atoms with van der Waals surface area (Å²) in [5.41, 5.74) is 3.48. The van der Waals surface area contributed by atoms with Crippen molar-refractivity contribution in [2.75, 3.05) is 6.61 Å². The number of ether oxygens (including phenoxy) is 1. The quantitative estimate of drug-likeness (QED) is 0.796. The van der Waals surface area contributed by atoms with Gasteiger partial charge in [-0.05, 0) is 48.2 Å². The van der Waals surface area contributed by atoms with Crippen molar-refractivity contribution in [2.45, 2.75) is 25.9 Å². The van der Waals surface area contributed by atoms with Gasteiger partial charge in [-0.1, -0.05) is 24.3 Å². The molecule has 0 aromatic heterocycles. The predicted octanol–water partition coefficient (Wildman–Crippen LogP) is 4.02. The molecule has 0 N–H and O–H groups in total. The standard InChI is InChI=1S/C18H17FO2/c1-12-8-14(10-15(19)9-12)17(20)11-18-16-5-3-2-4-13(16)6-7-21-18/h2-5,8-10,18H,6-7,11H2,1H3. The average molecular weight is 284 g/mol. The van der Waals surface area contributed by atoms with E-state index in [1.54, 1.807) is 13.0 Å². The Bertz CT molecular complexity index is 658. The molecule has 1 atom stereocenters. The summed E-state index contributed by atoms with van der Waals surface area (Å²) < 4.78 is 19.2. The molecule has 21 heavy (non-hydrogen) atoms. The number of hydrogen-bond donors (Lipinski definition) is 0. The number of fused-ring (bicyclic) bond motifs is 1. The number of benzene rings is 2. The molecule has 3 heteroatoms. The molecule has 2 aromatic rings. The fraction of sp³-hybridized carbons (Fsp3) is 0.278. The maximum atomic E-state index is 13.4. The van der Waals surface area contributed by atoms with Gasteiger partial charge in [0.25, 0.3) is 0 Å². The van der Waals surface area contributed by atoms with Gasteiger partial charge in [0, 0.05) is 12.0 Å². The molecule has 0 fully saturated rings. The lowest BCUT2D eigenvalue weighted by molar-refractivity contribution is 0.0352. The Hall–Kier alpha value is -2.00. The highest BCUT2D eigenvalue weighted by atomic mass is 19.1. The van der Waals surface area contributed by atoms with E-state index >= 15 is 0 Å². The van der Waals surface area contributed by atoms with E-state index in [9.17, 15) is 9.18 Å². The second-order valence-corrected chi connectivity index (χ2v) is 5.45. The Labute approximate surface area is 123 Å². The van der Waals surface area contributed by atoms with Gasteiger partial charge in [-0.15, -0.1) is 0 Å². The second kappa shape index (κ2) is 5.78. The topological polar surface area (TPSA) is 26.3 Å². The molecule has 0 spiro atoms. The van der Waals surface area contributed by atoms with E-state index in [4.69, 9.17) is 4.74 Å². The summed E-state index contributed by atoms with van der Waals surface area (Å²) >= 11 is 0. The Morgan fingerprint density at radius 1 is 1.29 bits per heavy atom. The number of carbonyl (C=O) groups excluding carboxylic acids is 1. The van der Waals surface area contributed by atoms with Crippen LogP contribution in [0, 0.1) is 12.7 Å². The van der Waals surface area contributed by atoms with E-state index in [-0.39, 0.29) is 24.1 Å². The van der Waals surface area contributed by atoms with Crippen LogP contribution >= 0.6 is 0 Å². The Kier molecular flexibility index (Phi) is 3.84. The number of carbonyl (C=O) groups is 1. The molecule has 1 aliphatic heterocycles. The first-order valence-corrected chi connectivity index (χ1v) is 7.13. The summed E-state index contributed by atoms with van der Waals surface area (Å²) in [6.45, 7) is 2.41. The maximum absolute atomic E-state index is 13.4. The number of ketones is 1. The number of rotatable bonds is 3. The van der Waals surface area contributed by atoms with Gasteiger partial charge in [-0.3, -0.25) is 4.79 Å². The zero-order valence-corrected chi connectivity index (χ0v) is 11.9. The largest absolute Gasteiger partial charge is 0.373 e. The smallest absolute Gasteiger partial charge is 0.165 e. The molecule has 0 bridgehead atoms. The predicted molar refractivity (Wildman–Crippen MR) is 78.9 cm³/mol. The third-order valence-electron chi connectivity index (χ3n) is 3.83. The molecule has 1 unspecified atom stereocenters. The minimum absolute atomic E-state index is 0.0840. The van der Waals surface area contributed by atoms with Crippen molar-refractivity contribution in [3.63, 3.8) is 0 Å². The molecule has 2 nitrogen and oxygen atoms in total. The van der Waals surface area contributed by atoms with E-state index < -0.39 is 0 Å². The first-order valence-electron chi connectivity index (χ1n) is 7.13. The summed E-state index contributed by atoms with van der Waals surface area (Å²) in [7, 11) is 0. The first kappa shape index (κ1) is 14.0. The first-order chi connectivity index (χ1) is 10.1. The van der Waals surface area contributed by atoms with Gasteiger partial charge in [0.05, 0.1) is 12.7 Å². The van der Waals surface area contributed by atoms with Crippen molar-refractivity contribution in [2.24, 2.45) is 0 Å². The summed E-state index contributed by atoms with van der Waals surface area (Å²) in [6.07, 6.45) is 0.894. The highest BCUT2D eigenvalue weighted by molar-refractivity contribution is 5.96. The molecule has 3 rings (SSSR count). The van der Waals surface area contributed by atoms with Crippen molar-refractivity contribution >= 4 is 5.78 Å². The summed E-state index contributed by atoms with van der Waals surface area (Å²) in [5, 5.41) is 0. The van der Waals surface area contributed by atoms with E-state index in [0.29, 0.717) is 12.2 Å². The van der Waals surface area contributed by atoms with Crippen LogP contribution in [0.5, 0.6) is 0 Å². The Morgan fingerprint density at radius 3 is 2.90 bits per heavy atom. The zero-order valence-electron chi connectivity index (χ0n) is 11.9. The maximum Gasteiger partial charge on any atom is 0.165 e. The van der Waals surface area contributed by atoms with Crippen LogP contribution in [-0.4, -0.2) is 12.4 Å². The molecule has 0 saturated heterocycles. The fourth-order valence-electron chi connectivity index (χ4n) is 2.83. The van der Waals surface area contributed by atoms with Gasteiger partial charge in [0.2, 0.25) is 0 Å². The van der Waals surface area contributed by atoms with Gasteiger partial charge in [-0.25, -0.2) is 4.39 Å². The minimum Gasteiger partial charge on any atom is -0.373 e. The molecule has 2 aromatic carbocycles. The SMILES string of the molecule is Cc1cc(F)cc(C(=O)CC2OCCc3ccccc32)c1. The normalized spacial score (nSPS) is 17.3. The second-order valence-electron chi connectivity index (χ2n) is 5.45. The van der Waals surface area contributed by atoms with Crippen LogP contribution in [0.4, 0.5) is 4.39 Å². The monoisotopic (exact) mass is 284 g/mol. The number of hydrogen-bond acceptors (Lipinski definition) is 2. The third kappa shape index (κ3) is 3.03. The zero-order chi connectivity index (χ0) is 14.8. The highest BCUT2D eigenvalue weighted by Gasteiger charge is 2.23. The van der Waals surface area contributed by atoms with Crippen LogP contribution in [0.25, 0.3) is 0 Å². The number of Topliss-reactive ketones (excluding diaryl/α,β-unsaturated/α-hetero) is 1. The van der Waals surface area contributed by atoms with Crippen molar-refractivity contribution < 1.29 is 13.9 Å². The van der Waals surface area contributed by atoms with Crippen LogP contribution in [0.15, 0.2) is 42.5 Å². The molecular weight excluding hydrogens is 267 g/mol. The summed E-state index contributed by atoms with van der Waals surface area (Å²) in [4.78, 5) is 12.4. The van der Waals surface area contributed by atoms with Crippen LogP contribution in [0.3, 0.4) is 0 Å². The van der Waals surface area contributed by atoms with Crippen molar-refractivity contribution in [3.05, 3.63) is 70.5 Å². The minimum atomic E-state index is -0.372. The van der Waals surface area contributed by atoms with Crippen LogP contribution < -0.4 is 0 Å².